The Morgan fingerprint density at radius 2 is 1.71 bits per heavy atom. The van der Waals surface area contributed by atoms with E-state index in [9.17, 15) is 14.7 Å². The number of hydrogen-bond acceptors (Lipinski definition) is 6. The largest absolute Gasteiger partial charge is 0.380 e. The van der Waals surface area contributed by atoms with Crippen molar-refractivity contribution < 1.29 is 14.7 Å². The van der Waals surface area contributed by atoms with E-state index in [0.29, 0.717) is 44.6 Å². The van der Waals surface area contributed by atoms with Crippen LogP contribution in [0.25, 0.3) is 15.5 Å². The maximum absolute atomic E-state index is 12.8. The van der Waals surface area contributed by atoms with Crippen LogP contribution < -0.4 is 0 Å². The van der Waals surface area contributed by atoms with Gasteiger partial charge in [-0.25, -0.2) is 9.50 Å². The molecule has 0 bridgehead atoms. The van der Waals surface area contributed by atoms with Gasteiger partial charge in [-0.3, -0.25) is 9.59 Å². The molecule has 2 amide bonds. The Hall–Kier alpha value is -2.78. The zero-order valence-corrected chi connectivity index (χ0v) is 15.9. The number of nitrogens with zero attached hydrogens (tertiary/aromatic N) is 5. The van der Waals surface area contributed by atoms with E-state index >= 15 is 0 Å². The monoisotopic (exact) mass is 397 g/mol. The lowest BCUT2D eigenvalue weighted by molar-refractivity contribution is -0.143. The van der Waals surface area contributed by atoms with Crippen LogP contribution in [0.3, 0.4) is 0 Å². The number of fused-ring (bicyclic) bond motifs is 1. The summed E-state index contributed by atoms with van der Waals surface area (Å²) in [4.78, 5) is 33.5. The van der Waals surface area contributed by atoms with Gasteiger partial charge in [-0.15, -0.1) is 0 Å². The smallest absolute Gasteiger partial charge is 0.254 e. The molecule has 5 rings (SSSR count). The summed E-state index contributed by atoms with van der Waals surface area (Å²) >= 11 is 1.50. The molecule has 1 aliphatic carbocycles. The van der Waals surface area contributed by atoms with E-state index in [4.69, 9.17) is 0 Å². The predicted molar refractivity (Wildman–Crippen MR) is 103 cm³/mol. The van der Waals surface area contributed by atoms with Crippen molar-refractivity contribution in [1.82, 2.24) is 24.4 Å². The predicted octanol–water partition coefficient (Wildman–Crippen LogP) is 1.27. The summed E-state index contributed by atoms with van der Waals surface area (Å²) in [5, 5.41) is 15.3. The molecule has 0 spiro atoms. The van der Waals surface area contributed by atoms with Crippen molar-refractivity contribution in [2.75, 3.05) is 26.2 Å². The maximum atomic E-state index is 12.8. The van der Waals surface area contributed by atoms with Crippen LogP contribution in [0.1, 0.15) is 23.2 Å². The molecule has 0 atom stereocenters. The topological polar surface area (TPSA) is 91.0 Å². The average Bonchev–Trinajstić information content (AvgIpc) is 3.13. The van der Waals surface area contributed by atoms with Crippen LogP contribution >= 0.6 is 11.3 Å². The van der Waals surface area contributed by atoms with Gasteiger partial charge < -0.3 is 14.9 Å². The van der Waals surface area contributed by atoms with Crippen molar-refractivity contribution >= 4 is 28.1 Å². The Morgan fingerprint density at radius 3 is 2.36 bits per heavy atom. The zero-order valence-electron chi connectivity index (χ0n) is 15.1. The molecule has 1 saturated heterocycles. The number of piperazine rings is 1. The third kappa shape index (κ3) is 2.96. The van der Waals surface area contributed by atoms with Crippen molar-refractivity contribution in [2.24, 2.45) is 0 Å². The van der Waals surface area contributed by atoms with Gasteiger partial charge in [-0.2, -0.15) is 5.10 Å². The summed E-state index contributed by atoms with van der Waals surface area (Å²) in [6.07, 6.45) is 4.60. The number of hydrogen-bond donors (Lipinski definition) is 1. The standard InChI is InChI=1S/C19H19N5O3S/c25-16(22-9-11-23(12-10-22)17(26)19(27)5-6-19)14-3-1-13(2-4-14)15-21-24-8-7-20-18(24)28-15/h1-4,7-8,27H,5-6,9-12H2. The number of rotatable bonds is 3. The first-order valence-corrected chi connectivity index (χ1v) is 10.1. The number of aromatic nitrogens is 3. The van der Waals surface area contributed by atoms with Gasteiger partial charge in [0.15, 0.2) is 0 Å². The average molecular weight is 397 g/mol. The summed E-state index contributed by atoms with van der Waals surface area (Å²) in [5.74, 6) is -0.239. The number of benzene rings is 1. The molecule has 1 aromatic carbocycles. The summed E-state index contributed by atoms with van der Waals surface area (Å²) in [7, 11) is 0. The summed E-state index contributed by atoms with van der Waals surface area (Å²) in [5.41, 5.74) is 0.421. The second kappa shape index (κ2) is 6.39. The van der Waals surface area contributed by atoms with E-state index in [1.165, 1.54) is 11.3 Å². The van der Waals surface area contributed by atoms with E-state index in [-0.39, 0.29) is 11.8 Å². The first-order valence-electron chi connectivity index (χ1n) is 9.25. The Morgan fingerprint density at radius 1 is 1.04 bits per heavy atom. The van der Waals surface area contributed by atoms with Gasteiger partial charge in [0.25, 0.3) is 11.8 Å². The van der Waals surface area contributed by atoms with E-state index in [1.807, 2.05) is 24.3 Å². The first-order chi connectivity index (χ1) is 13.5. The van der Waals surface area contributed by atoms with Gasteiger partial charge in [0.2, 0.25) is 4.96 Å². The molecular formula is C19H19N5O3S. The number of aliphatic hydroxyl groups is 1. The molecule has 0 unspecified atom stereocenters. The highest BCUT2D eigenvalue weighted by Crippen LogP contribution is 2.37. The zero-order chi connectivity index (χ0) is 19.3. The van der Waals surface area contributed by atoms with Crippen LogP contribution in [0.5, 0.6) is 0 Å². The molecule has 8 nitrogen and oxygen atoms in total. The molecule has 2 fully saturated rings. The SMILES string of the molecule is O=C(c1ccc(-c2nn3ccnc3s2)cc1)N1CCN(C(=O)C2(O)CC2)CC1. The van der Waals surface area contributed by atoms with Crippen molar-refractivity contribution in [3.8, 4) is 10.6 Å². The molecule has 1 saturated carbocycles. The first kappa shape index (κ1) is 17.3. The van der Waals surface area contributed by atoms with Crippen LogP contribution in [0.4, 0.5) is 0 Å². The van der Waals surface area contributed by atoms with Gasteiger partial charge in [-0.1, -0.05) is 23.5 Å². The summed E-state index contributed by atoms with van der Waals surface area (Å²) in [6.45, 7) is 1.88. The molecule has 1 N–H and O–H groups in total. The fourth-order valence-corrected chi connectivity index (χ4v) is 4.30. The lowest BCUT2D eigenvalue weighted by atomic mass is 10.1. The fourth-order valence-electron chi connectivity index (χ4n) is 3.43. The van der Waals surface area contributed by atoms with Crippen molar-refractivity contribution in [2.45, 2.75) is 18.4 Å². The Bertz CT molecular complexity index is 1020. The maximum Gasteiger partial charge on any atom is 0.254 e. The summed E-state index contributed by atoms with van der Waals surface area (Å²) in [6, 6.07) is 7.42. The van der Waals surface area contributed by atoms with Gasteiger partial charge in [-0.05, 0) is 25.0 Å². The number of imidazole rings is 1. The van der Waals surface area contributed by atoms with Crippen LogP contribution in [-0.4, -0.2) is 73.1 Å². The number of carbonyl (C=O) groups is 2. The van der Waals surface area contributed by atoms with Crippen molar-refractivity contribution in [3.63, 3.8) is 0 Å². The lowest BCUT2D eigenvalue weighted by Crippen LogP contribution is -2.53. The summed E-state index contributed by atoms with van der Waals surface area (Å²) < 4.78 is 1.73. The fraction of sp³-hybridized carbons (Fsp3) is 0.368. The van der Waals surface area contributed by atoms with Gasteiger partial charge in [0, 0.05) is 43.5 Å². The minimum Gasteiger partial charge on any atom is -0.380 e. The van der Waals surface area contributed by atoms with Crippen molar-refractivity contribution in [1.29, 1.82) is 0 Å². The lowest BCUT2D eigenvalue weighted by Gasteiger charge is -2.35. The molecule has 9 heteroatoms. The minimum atomic E-state index is -1.14. The van der Waals surface area contributed by atoms with E-state index in [2.05, 4.69) is 10.1 Å². The van der Waals surface area contributed by atoms with Crippen LogP contribution in [0.2, 0.25) is 0 Å². The second-order valence-electron chi connectivity index (χ2n) is 7.25. The highest BCUT2D eigenvalue weighted by Gasteiger charge is 2.50. The highest BCUT2D eigenvalue weighted by atomic mass is 32.1. The van der Waals surface area contributed by atoms with Crippen molar-refractivity contribution in [3.05, 3.63) is 42.2 Å². The van der Waals surface area contributed by atoms with Crippen LogP contribution in [0.15, 0.2) is 36.7 Å². The molecule has 3 heterocycles. The molecule has 0 radical (unpaired) electrons. The molecular weight excluding hydrogens is 378 g/mol. The number of carbonyl (C=O) groups excluding carboxylic acids is 2. The number of amides is 2. The third-order valence-electron chi connectivity index (χ3n) is 5.33. The van der Waals surface area contributed by atoms with Gasteiger partial charge in [0.1, 0.15) is 10.6 Å². The molecule has 2 aliphatic rings. The van der Waals surface area contributed by atoms with Crippen LogP contribution in [-0.2, 0) is 4.79 Å². The van der Waals surface area contributed by atoms with E-state index in [0.717, 1.165) is 15.5 Å². The van der Waals surface area contributed by atoms with Gasteiger partial charge in [0.05, 0.1) is 6.20 Å². The molecule has 1 aliphatic heterocycles. The molecule has 28 heavy (non-hydrogen) atoms. The molecule has 3 aromatic rings. The van der Waals surface area contributed by atoms with Gasteiger partial charge >= 0.3 is 0 Å². The highest BCUT2D eigenvalue weighted by molar-refractivity contribution is 7.19. The molecule has 2 aromatic heterocycles. The quantitative estimate of drug-likeness (QED) is 0.719. The van der Waals surface area contributed by atoms with E-state index in [1.54, 1.807) is 26.7 Å². The minimum absolute atomic E-state index is 0.0438. The normalized spacial score (nSPS) is 18.5. The third-order valence-corrected chi connectivity index (χ3v) is 6.32. The Kier molecular flexibility index (Phi) is 3.95. The second-order valence-corrected chi connectivity index (χ2v) is 8.21. The Labute approximate surface area is 165 Å². The van der Waals surface area contributed by atoms with E-state index < -0.39 is 5.60 Å². The Balaban J connectivity index is 1.24. The molecule has 144 valence electrons. The van der Waals surface area contributed by atoms with Crippen LogP contribution in [0, 0.1) is 0 Å².